The molecule has 2 heterocycles. The second-order valence-electron chi connectivity index (χ2n) is 20.2. The Morgan fingerprint density at radius 3 is 2.29 bits per heavy atom. The first-order chi connectivity index (χ1) is 24.4. The summed E-state index contributed by atoms with van der Waals surface area (Å²) in [6.07, 6.45) is 20.5. The topological polar surface area (TPSA) is 44.8 Å². The van der Waals surface area contributed by atoms with Crippen LogP contribution in [-0.2, 0) is 4.74 Å². The zero-order valence-electron chi connectivity index (χ0n) is 33.3. The molecule has 1 aromatic rings. The number of hydrogen-bond acceptors (Lipinski definition) is 3. The number of urea groups is 1. The molecule has 0 radical (unpaired) electrons. The van der Waals surface area contributed by atoms with Crippen LogP contribution in [0.25, 0.3) is 5.57 Å². The van der Waals surface area contributed by atoms with Gasteiger partial charge in [-0.25, -0.2) is 4.79 Å². The van der Waals surface area contributed by atoms with E-state index >= 15 is 0 Å². The van der Waals surface area contributed by atoms with Gasteiger partial charge in [0.1, 0.15) is 0 Å². The van der Waals surface area contributed by atoms with E-state index in [1.54, 1.807) is 5.57 Å². The minimum absolute atomic E-state index is 0.0130. The highest BCUT2D eigenvalue weighted by Crippen LogP contribution is 2.76. The van der Waals surface area contributed by atoms with Crippen LogP contribution in [0.2, 0.25) is 0 Å². The van der Waals surface area contributed by atoms with Gasteiger partial charge in [0.05, 0.1) is 13.2 Å². The zero-order chi connectivity index (χ0) is 35.6. The van der Waals surface area contributed by atoms with E-state index in [1.165, 1.54) is 108 Å². The molecule has 5 aliphatic carbocycles. The van der Waals surface area contributed by atoms with Gasteiger partial charge in [0.2, 0.25) is 0 Å². The molecule has 0 aromatic heterocycles. The Hall–Kier alpha value is -1.85. The normalized spacial score (nSPS) is 41.1. The molecule has 7 unspecified atom stereocenters. The predicted octanol–water partition coefficient (Wildman–Crippen LogP) is 10.1. The summed E-state index contributed by atoms with van der Waals surface area (Å²) in [7, 11) is 0. The average Bonchev–Trinajstić information content (AvgIpc) is 3.53. The number of aryl methyl sites for hydroxylation is 1. The number of ether oxygens (including phenoxy) is 1. The Labute approximate surface area is 311 Å². The highest BCUT2D eigenvalue weighted by atomic mass is 16.5. The molecule has 8 atom stereocenters. The van der Waals surface area contributed by atoms with Gasteiger partial charge in [0.25, 0.3) is 0 Å². The third-order valence-corrected chi connectivity index (χ3v) is 17.7. The second-order valence-corrected chi connectivity index (χ2v) is 20.2. The van der Waals surface area contributed by atoms with E-state index < -0.39 is 0 Å². The number of nitrogens with zero attached hydrogens (tertiary/aromatic N) is 2. The molecule has 1 aromatic carbocycles. The number of benzene rings is 1. The molecule has 2 saturated heterocycles. The lowest BCUT2D eigenvalue weighted by atomic mass is 9.33. The highest BCUT2D eigenvalue weighted by Gasteiger charge is 2.69. The minimum Gasteiger partial charge on any atom is -0.379 e. The molecular formula is C46H71N3O2. The number of carbonyl (C=O) groups is 1. The standard InChI is InChI=1S/C46H71N3O2/c1-33-11-13-35(14-12-33)36-17-22-43(4)39(42(36,2)3)18-23-45(6)40(43)16-15-37-38-10-7-21-46(38,25-24-44(37,45)5)47-41(50)49-27-19-34(20-28-49)9-8-26-48-29-31-51-32-30-48/h11-14,17,34,37-40H,7-10,15-16,18-32H2,1-6H3,(H,47,50)/t37?,38?,39?,40?,43?,44-,45?,46?/m1/s1. The first-order valence-electron chi connectivity index (χ1n) is 21.5. The number of likely N-dealkylation sites (tertiary alicyclic amines) is 1. The number of amides is 2. The van der Waals surface area contributed by atoms with Crippen LogP contribution in [0.15, 0.2) is 30.3 Å². The van der Waals surface area contributed by atoms with E-state index in [4.69, 9.17) is 4.74 Å². The van der Waals surface area contributed by atoms with E-state index in [0.29, 0.717) is 28.1 Å². The monoisotopic (exact) mass is 698 g/mol. The van der Waals surface area contributed by atoms with Crippen LogP contribution in [0.5, 0.6) is 0 Å². The summed E-state index contributed by atoms with van der Waals surface area (Å²) in [5.74, 6) is 3.61. The SMILES string of the molecule is Cc1ccc(C2=CCC3(C)C(CCC4(C)C3CCC3C5CCCC5(NC(=O)N5CCC(CCCN6CCOCC6)CC5)CC[C@]34C)C2(C)C)cc1. The first kappa shape index (κ1) is 36.1. The van der Waals surface area contributed by atoms with Gasteiger partial charge in [-0.1, -0.05) is 76.9 Å². The van der Waals surface area contributed by atoms with Crippen molar-refractivity contribution in [3.05, 3.63) is 41.5 Å². The Balaban J connectivity index is 0.933. The third kappa shape index (κ3) is 5.96. The largest absolute Gasteiger partial charge is 0.379 e. The quantitative estimate of drug-likeness (QED) is 0.322. The van der Waals surface area contributed by atoms with E-state index in [9.17, 15) is 4.79 Å². The van der Waals surface area contributed by atoms with Gasteiger partial charge >= 0.3 is 6.03 Å². The lowest BCUT2D eigenvalue weighted by molar-refractivity contribution is -0.216. The molecule has 2 amide bonds. The maximum Gasteiger partial charge on any atom is 0.317 e. The number of hydrogen-bond donors (Lipinski definition) is 1. The van der Waals surface area contributed by atoms with Crippen molar-refractivity contribution in [3.8, 4) is 0 Å². The minimum atomic E-state index is 0.0130. The Kier molecular flexibility index (Phi) is 9.54. The summed E-state index contributed by atoms with van der Waals surface area (Å²) in [6.45, 7) is 22.6. The van der Waals surface area contributed by atoms with Crippen molar-refractivity contribution in [2.24, 2.45) is 51.2 Å². The van der Waals surface area contributed by atoms with Gasteiger partial charge in [0.15, 0.2) is 0 Å². The van der Waals surface area contributed by atoms with Gasteiger partial charge in [-0.15, -0.1) is 0 Å². The number of morpholine rings is 1. The van der Waals surface area contributed by atoms with Crippen LogP contribution in [0.1, 0.15) is 136 Å². The smallest absolute Gasteiger partial charge is 0.317 e. The average molecular weight is 698 g/mol. The number of carbonyl (C=O) groups excluding carboxylic acids is 1. The lowest BCUT2D eigenvalue weighted by Gasteiger charge is -2.72. The maximum absolute atomic E-state index is 14.1. The van der Waals surface area contributed by atoms with Crippen molar-refractivity contribution in [2.45, 2.75) is 137 Å². The number of piperidine rings is 1. The third-order valence-electron chi connectivity index (χ3n) is 17.7. The summed E-state index contributed by atoms with van der Waals surface area (Å²) in [5.41, 5.74) is 5.60. The molecular weight excluding hydrogens is 627 g/mol. The van der Waals surface area contributed by atoms with Crippen molar-refractivity contribution in [3.63, 3.8) is 0 Å². The molecule has 1 N–H and O–H groups in total. The van der Waals surface area contributed by atoms with Gasteiger partial charge < -0.3 is 15.0 Å². The Morgan fingerprint density at radius 2 is 1.55 bits per heavy atom. The summed E-state index contributed by atoms with van der Waals surface area (Å²) in [6, 6.07) is 9.59. The Morgan fingerprint density at radius 1 is 0.804 bits per heavy atom. The molecule has 5 nitrogen and oxygen atoms in total. The van der Waals surface area contributed by atoms with Crippen molar-refractivity contribution in [2.75, 3.05) is 45.9 Å². The van der Waals surface area contributed by atoms with Crippen LogP contribution in [0.3, 0.4) is 0 Å². The number of nitrogens with one attached hydrogen (secondary N) is 1. The van der Waals surface area contributed by atoms with Crippen molar-refractivity contribution < 1.29 is 9.53 Å². The van der Waals surface area contributed by atoms with Crippen LogP contribution >= 0.6 is 0 Å². The molecule has 0 spiro atoms. The molecule has 4 saturated carbocycles. The number of allylic oxidation sites excluding steroid dienone is 2. The van der Waals surface area contributed by atoms with Crippen molar-refractivity contribution >= 4 is 11.6 Å². The fourth-order valence-electron chi connectivity index (χ4n) is 14.8. The first-order valence-corrected chi connectivity index (χ1v) is 21.5. The van der Waals surface area contributed by atoms with Crippen LogP contribution < -0.4 is 5.32 Å². The Bertz CT molecular complexity index is 1450. The fraction of sp³-hybridized carbons (Fsp3) is 0.804. The summed E-state index contributed by atoms with van der Waals surface area (Å²) < 4.78 is 5.52. The number of rotatable bonds is 6. The molecule has 8 rings (SSSR count). The van der Waals surface area contributed by atoms with E-state index in [-0.39, 0.29) is 17.0 Å². The summed E-state index contributed by atoms with van der Waals surface area (Å²) >= 11 is 0. The molecule has 51 heavy (non-hydrogen) atoms. The molecule has 6 fully saturated rings. The van der Waals surface area contributed by atoms with Gasteiger partial charge in [-0.3, -0.25) is 4.90 Å². The predicted molar refractivity (Wildman–Crippen MR) is 209 cm³/mol. The van der Waals surface area contributed by atoms with Crippen LogP contribution in [0.4, 0.5) is 4.79 Å². The fourth-order valence-corrected chi connectivity index (χ4v) is 14.8. The van der Waals surface area contributed by atoms with Crippen LogP contribution in [0, 0.1) is 58.2 Å². The van der Waals surface area contributed by atoms with Gasteiger partial charge in [-0.05, 0) is 159 Å². The number of fused-ring (bicyclic) bond motifs is 7. The van der Waals surface area contributed by atoms with Gasteiger partial charge in [-0.2, -0.15) is 0 Å². The summed E-state index contributed by atoms with van der Waals surface area (Å²) in [4.78, 5) is 18.8. The summed E-state index contributed by atoms with van der Waals surface area (Å²) in [5, 5.41) is 3.85. The maximum atomic E-state index is 14.1. The van der Waals surface area contributed by atoms with E-state index in [0.717, 1.165) is 57.1 Å². The van der Waals surface area contributed by atoms with Gasteiger partial charge in [0, 0.05) is 31.7 Å². The second kappa shape index (κ2) is 13.5. The molecule has 0 bridgehead atoms. The van der Waals surface area contributed by atoms with E-state index in [2.05, 4.69) is 87.0 Å². The van der Waals surface area contributed by atoms with Crippen molar-refractivity contribution in [1.29, 1.82) is 0 Å². The molecule has 7 aliphatic rings. The molecule has 5 heteroatoms. The lowest BCUT2D eigenvalue weighted by Crippen LogP contribution is -2.68. The highest BCUT2D eigenvalue weighted by molar-refractivity contribution is 5.75. The van der Waals surface area contributed by atoms with E-state index in [1.807, 2.05) is 0 Å². The molecule has 282 valence electrons. The molecule has 2 aliphatic heterocycles. The zero-order valence-corrected chi connectivity index (χ0v) is 33.3. The van der Waals surface area contributed by atoms with Crippen molar-refractivity contribution in [1.82, 2.24) is 15.1 Å². The van der Waals surface area contributed by atoms with Crippen LogP contribution in [-0.4, -0.2) is 67.3 Å².